The van der Waals surface area contributed by atoms with Crippen molar-refractivity contribution in [2.75, 3.05) is 5.32 Å². The minimum Gasteiger partial charge on any atom is -0.320 e. The number of carbonyl (C=O) groups excluding carboxylic acids is 1. The van der Waals surface area contributed by atoms with Gasteiger partial charge < -0.3 is 5.32 Å². The first kappa shape index (κ1) is 16.1. The van der Waals surface area contributed by atoms with Crippen LogP contribution in [0.4, 0.5) is 5.69 Å². The van der Waals surface area contributed by atoms with Crippen LogP contribution < -0.4 is 5.32 Å². The second-order valence-corrected chi connectivity index (χ2v) is 6.36. The standard InChI is InChI=1S/C16H12Cl3N3O/c1-8-11(18)4-3-5-13(8)21-16(23)14-9(2)20-15-12(19)6-10(17)7-22(14)15/h3-7H,1-2H3,(H,21,23). The van der Waals surface area contributed by atoms with Crippen molar-refractivity contribution in [3.8, 4) is 0 Å². The van der Waals surface area contributed by atoms with Gasteiger partial charge in [0.15, 0.2) is 5.65 Å². The predicted molar refractivity (Wildman–Crippen MR) is 94.1 cm³/mol. The highest BCUT2D eigenvalue weighted by molar-refractivity contribution is 6.36. The molecule has 2 heterocycles. The molecule has 1 N–H and O–H groups in total. The van der Waals surface area contributed by atoms with E-state index in [2.05, 4.69) is 10.3 Å². The summed E-state index contributed by atoms with van der Waals surface area (Å²) in [7, 11) is 0. The van der Waals surface area contributed by atoms with Crippen LogP contribution in [0.15, 0.2) is 30.5 Å². The lowest BCUT2D eigenvalue weighted by atomic mass is 10.2. The van der Waals surface area contributed by atoms with E-state index in [0.717, 1.165) is 5.56 Å². The first-order valence-corrected chi connectivity index (χ1v) is 7.92. The molecule has 0 saturated heterocycles. The number of aryl methyl sites for hydroxylation is 1. The van der Waals surface area contributed by atoms with Gasteiger partial charge >= 0.3 is 0 Å². The van der Waals surface area contributed by atoms with E-state index in [9.17, 15) is 4.79 Å². The van der Waals surface area contributed by atoms with Crippen molar-refractivity contribution in [3.05, 3.63) is 62.5 Å². The van der Waals surface area contributed by atoms with Gasteiger partial charge in [-0.2, -0.15) is 0 Å². The lowest BCUT2D eigenvalue weighted by Gasteiger charge is -2.10. The number of benzene rings is 1. The van der Waals surface area contributed by atoms with Crippen LogP contribution in [-0.4, -0.2) is 15.3 Å². The highest BCUT2D eigenvalue weighted by Crippen LogP contribution is 2.26. The highest BCUT2D eigenvalue weighted by atomic mass is 35.5. The zero-order chi connectivity index (χ0) is 16.7. The predicted octanol–water partition coefficient (Wildman–Crippen LogP) is 5.16. The molecule has 0 aliphatic rings. The molecule has 23 heavy (non-hydrogen) atoms. The average molecular weight is 369 g/mol. The fourth-order valence-corrected chi connectivity index (χ4v) is 3.07. The molecule has 1 aromatic carbocycles. The summed E-state index contributed by atoms with van der Waals surface area (Å²) >= 11 is 18.3. The van der Waals surface area contributed by atoms with E-state index < -0.39 is 0 Å². The van der Waals surface area contributed by atoms with Gasteiger partial charge in [0.05, 0.1) is 15.7 Å². The minimum absolute atomic E-state index is 0.307. The zero-order valence-corrected chi connectivity index (χ0v) is 14.6. The summed E-state index contributed by atoms with van der Waals surface area (Å²) < 4.78 is 1.59. The van der Waals surface area contributed by atoms with Crippen molar-refractivity contribution in [1.82, 2.24) is 9.38 Å². The molecule has 4 nitrogen and oxygen atoms in total. The lowest BCUT2D eigenvalue weighted by Crippen LogP contribution is -2.16. The number of fused-ring (bicyclic) bond motifs is 1. The van der Waals surface area contributed by atoms with Crippen molar-refractivity contribution >= 4 is 52.0 Å². The third-order valence-corrected chi connectivity index (χ3v) is 4.44. The summed E-state index contributed by atoms with van der Waals surface area (Å²) in [5.74, 6) is -0.307. The van der Waals surface area contributed by atoms with Crippen LogP contribution in [0.1, 0.15) is 21.7 Å². The van der Waals surface area contributed by atoms with Crippen LogP contribution in [0, 0.1) is 13.8 Å². The van der Waals surface area contributed by atoms with Crippen molar-refractivity contribution in [2.45, 2.75) is 13.8 Å². The molecule has 0 spiro atoms. The van der Waals surface area contributed by atoms with Gasteiger partial charge in [-0.05, 0) is 37.6 Å². The van der Waals surface area contributed by atoms with E-state index in [4.69, 9.17) is 34.8 Å². The number of amides is 1. The number of nitrogens with one attached hydrogen (secondary N) is 1. The normalized spacial score (nSPS) is 11.0. The molecule has 7 heteroatoms. The Morgan fingerprint density at radius 3 is 2.65 bits per heavy atom. The van der Waals surface area contributed by atoms with Crippen LogP contribution in [0.25, 0.3) is 5.65 Å². The summed E-state index contributed by atoms with van der Waals surface area (Å²) in [6.07, 6.45) is 1.61. The Bertz CT molecular complexity index is 934. The molecule has 0 saturated carbocycles. The van der Waals surface area contributed by atoms with Crippen LogP contribution >= 0.6 is 34.8 Å². The lowest BCUT2D eigenvalue weighted by molar-refractivity contribution is 0.102. The number of imidazole rings is 1. The minimum atomic E-state index is -0.307. The van der Waals surface area contributed by atoms with Gasteiger partial charge in [0, 0.05) is 16.9 Å². The number of hydrogen-bond donors (Lipinski definition) is 1. The maximum absolute atomic E-state index is 12.7. The second kappa shape index (κ2) is 6.04. The SMILES string of the molecule is Cc1nc2c(Cl)cc(Cl)cn2c1C(=O)Nc1cccc(Cl)c1C. The third-order valence-electron chi connectivity index (χ3n) is 3.55. The molecule has 0 unspecified atom stereocenters. The quantitative estimate of drug-likeness (QED) is 0.679. The third kappa shape index (κ3) is 2.90. The molecular formula is C16H12Cl3N3O. The van der Waals surface area contributed by atoms with Crippen LogP contribution in [0.3, 0.4) is 0 Å². The second-order valence-electron chi connectivity index (χ2n) is 5.11. The Labute approximate surface area is 148 Å². The fraction of sp³-hybridized carbons (Fsp3) is 0.125. The Kier molecular flexibility index (Phi) is 4.23. The monoisotopic (exact) mass is 367 g/mol. The van der Waals surface area contributed by atoms with E-state index >= 15 is 0 Å². The number of rotatable bonds is 2. The summed E-state index contributed by atoms with van der Waals surface area (Å²) in [4.78, 5) is 17.0. The maximum atomic E-state index is 12.7. The number of hydrogen-bond acceptors (Lipinski definition) is 2. The number of carbonyl (C=O) groups is 1. The molecule has 3 rings (SSSR count). The van der Waals surface area contributed by atoms with Gasteiger partial charge in [-0.1, -0.05) is 40.9 Å². The zero-order valence-electron chi connectivity index (χ0n) is 12.3. The van der Waals surface area contributed by atoms with E-state index in [0.29, 0.717) is 37.8 Å². The Morgan fingerprint density at radius 2 is 1.91 bits per heavy atom. The van der Waals surface area contributed by atoms with Gasteiger partial charge in [-0.15, -0.1) is 0 Å². The first-order chi connectivity index (χ1) is 10.9. The molecule has 3 aromatic rings. The maximum Gasteiger partial charge on any atom is 0.274 e. The Balaban J connectivity index is 2.08. The van der Waals surface area contributed by atoms with Crippen molar-refractivity contribution in [3.63, 3.8) is 0 Å². The van der Waals surface area contributed by atoms with Gasteiger partial charge in [-0.25, -0.2) is 4.98 Å². The molecule has 0 fully saturated rings. The van der Waals surface area contributed by atoms with Crippen molar-refractivity contribution in [1.29, 1.82) is 0 Å². The van der Waals surface area contributed by atoms with Crippen LogP contribution in [0.2, 0.25) is 15.1 Å². The molecule has 0 aliphatic heterocycles. The van der Waals surface area contributed by atoms with Crippen molar-refractivity contribution in [2.24, 2.45) is 0 Å². The topological polar surface area (TPSA) is 46.4 Å². The molecule has 0 aliphatic carbocycles. The Hall–Kier alpha value is -1.75. The van der Waals surface area contributed by atoms with Gasteiger partial charge in [0.25, 0.3) is 5.91 Å². The fourth-order valence-electron chi connectivity index (χ4n) is 2.38. The summed E-state index contributed by atoms with van der Waals surface area (Å²) in [6, 6.07) is 6.93. The molecule has 0 atom stereocenters. The van der Waals surface area contributed by atoms with E-state index in [1.807, 2.05) is 6.92 Å². The number of aromatic nitrogens is 2. The summed E-state index contributed by atoms with van der Waals surface area (Å²) in [6.45, 7) is 3.59. The first-order valence-electron chi connectivity index (χ1n) is 6.78. The number of nitrogens with zero attached hydrogens (tertiary/aromatic N) is 2. The van der Waals surface area contributed by atoms with Gasteiger partial charge in [-0.3, -0.25) is 9.20 Å². The molecule has 118 valence electrons. The van der Waals surface area contributed by atoms with Crippen LogP contribution in [0.5, 0.6) is 0 Å². The van der Waals surface area contributed by atoms with E-state index in [1.165, 1.54) is 0 Å². The van der Waals surface area contributed by atoms with Crippen molar-refractivity contribution < 1.29 is 4.79 Å². The molecule has 2 aromatic heterocycles. The summed E-state index contributed by atoms with van der Waals surface area (Å²) in [5.41, 5.74) is 2.87. The molecule has 0 radical (unpaired) electrons. The number of pyridine rings is 1. The number of anilines is 1. The van der Waals surface area contributed by atoms with E-state index in [-0.39, 0.29) is 5.91 Å². The molecule has 1 amide bonds. The highest BCUT2D eigenvalue weighted by Gasteiger charge is 2.19. The Morgan fingerprint density at radius 1 is 1.17 bits per heavy atom. The summed E-state index contributed by atoms with van der Waals surface area (Å²) in [5, 5.41) is 4.25. The molecular weight excluding hydrogens is 357 g/mol. The largest absolute Gasteiger partial charge is 0.320 e. The number of halogens is 3. The van der Waals surface area contributed by atoms with Crippen LogP contribution in [-0.2, 0) is 0 Å². The van der Waals surface area contributed by atoms with Gasteiger partial charge in [0.1, 0.15) is 5.69 Å². The molecule has 0 bridgehead atoms. The van der Waals surface area contributed by atoms with Gasteiger partial charge in [0.2, 0.25) is 0 Å². The van der Waals surface area contributed by atoms with E-state index in [1.54, 1.807) is 41.8 Å². The average Bonchev–Trinajstić information content (AvgIpc) is 2.80. The smallest absolute Gasteiger partial charge is 0.274 e.